The summed E-state index contributed by atoms with van der Waals surface area (Å²) in [6, 6.07) is 0.270. The van der Waals surface area contributed by atoms with Crippen LogP contribution in [-0.2, 0) is 14.6 Å². The summed E-state index contributed by atoms with van der Waals surface area (Å²) >= 11 is 0. The van der Waals surface area contributed by atoms with Gasteiger partial charge in [-0.25, -0.2) is 8.42 Å². The Morgan fingerprint density at radius 3 is 2.39 bits per heavy atom. The van der Waals surface area contributed by atoms with Crippen molar-refractivity contribution in [3.63, 3.8) is 0 Å². The molecule has 5 nitrogen and oxygen atoms in total. The first-order valence-electron chi connectivity index (χ1n) is 6.37. The molecule has 2 atom stereocenters. The Bertz CT molecular complexity index is 382. The van der Waals surface area contributed by atoms with Crippen LogP contribution in [-0.4, -0.2) is 57.4 Å². The molecule has 1 aliphatic heterocycles. The van der Waals surface area contributed by atoms with E-state index in [1.165, 1.54) is 0 Å². The van der Waals surface area contributed by atoms with Crippen LogP contribution in [0.2, 0.25) is 0 Å². The highest BCUT2D eigenvalue weighted by Crippen LogP contribution is 2.18. The van der Waals surface area contributed by atoms with Gasteiger partial charge in [-0.3, -0.25) is 4.79 Å². The first kappa shape index (κ1) is 15.4. The molecule has 18 heavy (non-hydrogen) atoms. The van der Waals surface area contributed by atoms with Gasteiger partial charge in [0.2, 0.25) is 5.91 Å². The fraction of sp³-hybridized carbons (Fsp3) is 0.917. The van der Waals surface area contributed by atoms with Gasteiger partial charge in [-0.1, -0.05) is 13.8 Å². The highest BCUT2D eigenvalue weighted by molar-refractivity contribution is 7.91. The molecule has 0 bridgehead atoms. The van der Waals surface area contributed by atoms with E-state index in [4.69, 9.17) is 0 Å². The van der Waals surface area contributed by atoms with Crippen LogP contribution in [0.1, 0.15) is 20.3 Å². The zero-order chi connectivity index (χ0) is 13.9. The van der Waals surface area contributed by atoms with E-state index in [-0.39, 0.29) is 29.4 Å². The molecule has 1 aliphatic rings. The fourth-order valence-corrected chi connectivity index (χ4v) is 4.11. The van der Waals surface area contributed by atoms with Crippen LogP contribution in [0.3, 0.4) is 0 Å². The number of rotatable bonds is 5. The fourth-order valence-electron chi connectivity index (χ4n) is 2.37. The number of hydrogen-bond donors (Lipinski definition) is 1. The minimum Gasteiger partial charge on any atom is -0.354 e. The van der Waals surface area contributed by atoms with Crippen molar-refractivity contribution in [1.29, 1.82) is 0 Å². The smallest absolute Gasteiger partial charge is 0.224 e. The largest absolute Gasteiger partial charge is 0.354 e. The normalized spacial score (nSPS) is 24.4. The lowest BCUT2D eigenvalue weighted by Crippen LogP contribution is -2.45. The molecule has 1 rings (SSSR count). The van der Waals surface area contributed by atoms with E-state index in [2.05, 4.69) is 24.1 Å². The van der Waals surface area contributed by atoms with Crippen LogP contribution < -0.4 is 5.32 Å². The second kappa shape index (κ2) is 6.02. The van der Waals surface area contributed by atoms with E-state index in [0.717, 1.165) is 0 Å². The molecule has 0 spiro atoms. The van der Waals surface area contributed by atoms with Gasteiger partial charge in [0.25, 0.3) is 0 Å². The lowest BCUT2D eigenvalue weighted by atomic mass is 10.0. The average Bonchev–Trinajstić information content (AvgIpc) is 2.57. The molecular weight excluding hydrogens is 252 g/mol. The summed E-state index contributed by atoms with van der Waals surface area (Å²) in [5.74, 6) is 0.112. The molecule has 0 aromatic rings. The van der Waals surface area contributed by atoms with Gasteiger partial charge < -0.3 is 10.2 Å². The molecule has 1 fully saturated rings. The van der Waals surface area contributed by atoms with Crippen molar-refractivity contribution in [3.05, 3.63) is 0 Å². The highest BCUT2D eigenvalue weighted by Gasteiger charge is 2.33. The van der Waals surface area contributed by atoms with Crippen molar-refractivity contribution < 1.29 is 13.2 Å². The maximum absolute atomic E-state index is 11.9. The molecule has 106 valence electrons. The second-order valence-corrected chi connectivity index (χ2v) is 7.85. The van der Waals surface area contributed by atoms with Gasteiger partial charge in [-0.05, 0) is 26.4 Å². The van der Waals surface area contributed by atoms with Crippen molar-refractivity contribution in [3.8, 4) is 0 Å². The third kappa shape index (κ3) is 4.24. The Hall–Kier alpha value is -0.620. The summed E-state index contributed by atoms with van der Waals surface area (Å²) in [6.45, 7) is 4.79. The monoisotopic (exact) mass is 276 g/mol. The lowest BCUT2D eigenvalue weighted by Gasteiger charge is -2.28. The molecule has 1 saturated heterocycles. The van der Waals surface area contributed by atoms with Gasteiger partial charge in [-0.15, -0.1) is 0 Å². The second-order valence-electron chi connectivity index (χ2n) is 5.62. The van der Waals surface area contributed by atoms with Crippen molar-refractivity contribution in [2.24, 2.45) is 11.8 Å². The Balaban J connectivity index is 2.46. The molecule has 0 aromatic heterocycles. The summed E-state index contributed by atoms with van der Waals surface area (Å²) in [6.07, 6.45) is 0.461. The van der Waals surface area contributed by atoms with E-state index in [1.54, 1.807) is 0 Å². The molecule has 1 heterocycles. The van der Waals surface area contributed by atoms with Crippen LogP contribution >= 0.6 is 0 Å². The number of amides is 1. The SMILES string of the molecule is CC(C)[C@@H](CNC(=O)[C@@H]1CCS(=O)(=O)C1)N(C)C. The molecule has 1 N–H and O–H groups in total. The summed E-state index contributed by atoms with van der Waals surface area (Å²) in [5.41, 5.74) is 0. The van der Waals surface area contributed by atoms with Crippen molar-refractivity contribution in [2.45, 2.75) is 26.3 Å². The Labute approximate surface area is 110 Å². The molecule has 0 aromatic carbocycles. The van der Waals surface area contributed by atoms with Crippen LogP contribution in [0.5, 0.6) is 0 Å². The lowest BCUT2D eigenvalue weighted by molar-refractivity contribution is -0.124. The molecular formula is C12H24N2O3S. The van der Waals surface area contributed by atoms with Crippen molar-refractivity contribution in [2.75, 3.05) is 32.1 Å². The third-order valence-corrected chi connectivity index (χ3v) is 5.29. The number of carbonyl (C=O) groups excluding carboxylic acids is 1. The zero-order valence-electron chi connectivity index (χ0n) is 11.6. The molecule has 1 amide bonds. The van der Waals surface area contributed by atoms with E-state index in [1.807, 2.05) is 14.1 Å². The minimum absolute atomic E-state index is 0.00709. The highest BCUT2D eigenvalue weighted by atomic mass is 32.2. The quantitative estimate of drug-likeness (QED) is 0.775. The number of likely N-dealkylation sites (N-methyl/N-ethyl adjacent to an activating group) is 1. The number of nitrogens with one attached hydrogen (secondary N) is 1. The summed E-state index contributed by atoms with van der Waals surface area (Å²) in [7, 11) is 0.983. The first-order valence-corrected chi connectivity index (χ1v) is 8.19. The predicted octanol–water partition coefficient (Wildman–Crippen LogP) is 0.124. The molecule has 0 aliphatic carbocycles. The average molecular weight is 276 g/mol. The van der Waals surface area contributed by atoms with Crippen LogP contribution in [0.4, 0.5) is 0 Å². The van der Waals surface area contributed by atoms with E-state index in [9.17, 15) is 13.2 Å². The summed E-state index contributed by atoms with van der Waals surface area (Å²) in [5, 5.41) is 2.88. The van der Waals surface area contributed by atoms with Gasteiger partial charge in [0, 0.05) is 12.6 Å². The van der Waals surface area contributed by atoms with Gasteiger partial charge in [0.05, 0.1) is 17.4 Å². The summed E-state index contributed by atoms with van der Waals surface area (Å²) in [4.78, 5) is 14.0. The maximum Gasteiger partial charge on any atom is 0.224 e. The summed E-state index contributed by atoms with van der Waals surface area (Å²) < 4.78 is 22.6. The van der Waals surface area contributed by atoms with Crippen LogP contribution in [0.15, 0.2) is 0 Å². The number of sulfone groups is 1. The van der Waals surface area contributed by atoms with Crippen molar-refractivity contribution in [1.82, 2.24) is 10.2 Å². The molecule has 0 saturated carbocycles. The molecule has 0 radical (unpaired) electrons. The topological polar surface area (TPSA) is 66.5 Å². The van der Waals surface area contributed by atoms with Crippen LogP contribution in [0, 0.1) is 11.8 Å². The first-order chi connectivity index (χ1) is 8.23. The zero-order valence-corrected chi connectivity index (χ0v) is 12.5. The van der Waals surface area contributed by atoms with Gasteiger partial charge >= 0.3 is 0 Å². The number of carbonyl (C=O) groups is 1. The minimum atomic E-state index is -2.98. The Morgan fingerprint density at radius 2 is 2.00 bits per heavy atom. The van der Waals surface area contributed by atoms with Gasteiger partial charge in [-0.2, -0.15) is 0 Å². The molecule has 0 unspecified atom stereocenters. The van der Waals surface area contributed by atoms with E-state index < -0.39 is 9.84 Å². The molecule has 6 heteroatoms. The Morgan fingerprint density at radius 1 is 1.39 bits per heavy atom. The van der Waals surface area contributed by atoms with E-state index in [0.29, 0.717) is 18.9 Å². The predicted molar refractivity (Wildman–Crippen MR) is 72.1 cm³/mol. The number of nitrogens with zero attached hydrogens (tertiary/aromatic N) is 1. The Kier molecular flexibility index (Phi) is 5.16. The maximum atomic E-state index is 11.9. The standard InChI is InChI=1S/C12H24N2O3S/c1-9(2)11(14(3)4)7-13-12(15)10-5-6-18(16,17)8-10/h9-11H,5-8H2,1-4H3,(H,13,15)/t10-,11-/m1/s1. The van der Waals surface area contributed by atoms with Crippen LogP contribution in [0.25, 0.3) is 0 Å². The van der Waals surface area contributed by atoms with Gasteiger partial charge in [0.1, 0.15) is 0 Å². The van der Waals surface area contributed by atoms with Gasteiger partial charge in [0.15, 0.2) is 9.84 Å². The van der Waals surface area contributed by atoms with Crippen molar-refractivity contribution >= 4 is 15.7 Å². The van der Waals surface area contributed by atoms with E-state index >= 15 is 0 Å². The number of hydrogen-bond acceptors (Lipinski definition) is 4. The third-order valence-electron chi connectivity index (χ3n) is 3.52.